The Labute approximate surface area is 91.9 Å². The van der Waals surface area contributed by atoms with Crippen molar-refractivity contribution in [2.45, 2.75) is 45.1 Å². The van der Waals surface area contributed by atoms with Gasteiger partial charge in [-0.1, -0.05) is 25.3 Å². The van der Waals surface area contributed by atoms with Crippen LogP contribution < -0.4 is 11.5 Å². The number of aromatic nitrogens is 1. The maximum absolute atomic E-state index is 5.63. The van der Waals surface area contributed by atoms with Gasteiger partial charge in [-0.2, -0.15) is 0 Å². The molecule has 1 aromatic heterocycles. The minimum Gasteiger partial charge on any atom is -0.384 e. The number of rotatable bonds is 0. The van der Waals surface area contributed by atoms with Crippen molar-refractivity contribution in [3.63, 3.8) is 0 Å². The number of nitrogens with two attached hydrogens (primary N) is 2. The van der Waals surface area contributed by atoms with Gasteiger partial charge in [-0.25, -0.2) is 4.98 Å². The zero-order valence-corrected chi connectivity index (χ0v) is 9.45. The predicted octanol–water partition coefficient (Wildman–Crippen LogP) is 2.25. The van der Waals surface area contributed by atoms with E-state index >= 15 is 0 Å². The monoisotopic (exact) mass is 207 g/mol. The predicted molar refractivity (Wildman–Crippen MR) is 64.4 cm³/mol. The summed E-state index contributed by atoms with van der Waals surface area (Å²) in [6, 6.07) is 4.26. The first-order valence-corrected chi connectivity index (χ1v) is 5.62. The van der Waals surface area contributed by atoms with Gasteiger partial charge in [-0.05, 0) is 31.4 Å². The van der Waals surface area contributed by atoms with Crippen molar-refractivity contribution < 1.29 is 0 Å². The Hall–Kier alpha value is -1.09. The molecule has 3 heteroatoms. The van der Waals surface area contributed by atoms with E-state index in [2.05, 4.69) is 4.98 Å². The second-order valence-corrected chi connectivity index (χ2v) is 4.16. The molecule has 1 aliphatic carbocycles. The average Bonchev–Trinajstić information content (AvgIpc) is 2.25. The fourth-order valence-electron chi connectivity index (χ4n) is 1.61. The van der Waals surface area contributed by atoms with Crippen molar-refractivity contribution in [2.75, 3.05) is 5.73 Å². The smallest absolute Gasteiger partial charge is 0.123 e. The van der Waals surface area contributed by atoms with Crippen LogP contribution in [0.4, 0.5) is 5.82 Å². The second-order valence-electron chi connectivity index (χ2n) is 4.16. The summed E-state index contributed by atoms with van der Waals surface area (Å²) in [6.07, 6.45) is 8.41. The van der Waals surface area contributed by atoms with E-state index in [0.717, 1.165) is 5.56 Å². The molecule has 0 bridgehead atoms. The Bertz CT molecular complexity index is 242. The molecule has 1 saturated carbocycles. The van der Waals surface area contributed by atoms with Crippen molar-refractivity contribution >= 4 is 5.82 Å². The highest BCUT2D eigenvalue weighted by Gasteiger charge is 2.06. The van der Waals surface area contributed by atoms with E-state index in [1.807, 2.05) is 13.0 Å². The summed E-state index contributed by atoms with van der Waals surface area (Å²) in [4.78, 5) is 3.86. The molecule has 0 saturated heterocycles. The van der Waals surface area contributed by atoms with Gasteiger partial charge in [0.1, 0.15) is 5.82 Å². The van der Waals surface area contributed by atoms with Crippen molar-refractivity contribution in [2.24, 2.45) is 5.73 Å². The first-order chi connectivity index (χ1) is 7.18. The lowest BCUT2D eigenvalue weighted by Gasteiger charge is -2.15. The lowest BCUT2D eigenvalue weighted by atomic mass is 9.97. The van der Waals surface area contributed by atoms with Gasteiger partial charge in [0.2, 0.25) is 0 Å². The molecule has 1 aliphatic rings. The average molecular weight is 207 g/mol. The Kier molecular flexibility index (Phi) is 5.12. The number of hydrogen-bond donors (Lipinski definition) is 2. The summed E-state index contributed by atoms with van der Waals surface area (Å²) < 4.78 is 0. The number of aryl methyl sites for hydroxylation is 1. The highest BCUT2D eigenvalue weighted by molar-refractivity contribution is 5.28. The van der Waals surface area contributed by atoms with E-state index < -0.39 is 0 Å². The fraction of sp³-hybridized carbons (Fsp3) is 0.583. The van der Waals surface area contributed by atoms with Crippen LogP contribution >= 0.6 is 0 Å². The van der Waals surface area contributed by atoms with Crippen LogP contribution in [0.1, 0.15) is 37.7 Å². The van der Waals surface area contributed by atoms with Gasteiger partial charge in [0.25, 0.3) is 0 Å². The molecular weight excluding hydrogens is 186 g/mol. The Morgan fingerprint density at radius 3 is 2.20 bits per heavy atom. The minimum absolute atomic E-state index is 0.536. The summed E-state index contributed by atoms with van der Waals surface area (Å²) in [6.45, 7) is 1.98. The third-order valence-corrected chi connectivity index (χ3v) is 2.58. The van der Waals surface area contributed by atoms with Gasteiger partial charge < -0.3 is 11.5 Å². The van der Waals surface area contributed by atoms with Crippen molar-refractivity contribution in [3.8, 4) is 0 Å². The molecule has 4 N–H and O–H groups in total. The maximum atomic E-state index is 5.63. The van der Waals surface area contributed by atoms with Crippen molar-refractivity contribution in [3.05, 3.63) is 23.9 Å². The van der Waals surface area contributed by atoms with Crippen LogP contribution in [-0.2, 0) is 0 Å². The van der Waals surface area contributed by atoms with Crippen molar-refractivity contribution in [1.29, 1.82) is 0 Å². The molecular formula is C12H21N3. The highest BCUT2D eigenvalue weighted by Crippen LogP contribution is 2.14. The Morgan fingerprint density at radius 2 is 1.87 bits per heavy atom. The van der Waals surface area contributed by atoms with Crippen LogP contribution in [0.15, 0.2) is 18.3 Å². The van der Waals surface area contributed by atoms with Gasteiger partial charge in [0.15, 0.2) is 0 Å². The molecule has 0 aliphatic heterocycles. The third kappa shape index (κ3) is 5.37. The standard InChI is InChI=1S/C6H8N2.C6H13N/c1-5-2-3-6(7)8-4-5;7-6-4-2-1-3-5-6/h2-4H,1H3,(H2,7,8);6H,1-5,7H2. The van der Waals surface area contributed by atoms with Gasteiger partial charge in [-0.3, -0.25) is 0 Å². The van der Waals surface area contributed by atoms with Gasteiger partial charge in [-0.15, -0.1) is 0 Å². The lowest BCUT2D eigenvalue weighted by molar-refractivity contribution is 0.441. The van der Waals surface area contributed by atoms with E-state index in [4.69, 9.17) is 11.5 Å². The normalized spacial score (nSPS) is 16.7. The molecule has 84 valence electrons. The molecule has 0 atom stereocenters. The van der Waals surface area contributed by atoms with E-state index in [0.29, 0.717) is 11.9 Å². The Morgan fingerprint density at radius 1 is 1.20 bits per heavy atom. The van der Waals surface area contributed by atoms with Crippen LogP contribution in [0.2, 0.25) is 0 Å². The SMILES string of the molecule is Cc1ccc(N)nc1.NC1CCCCC1. The molecule has 3 nitrogen and oxygen atoms in total. The van der Waals surface area contributed by atoms with Crippen LogP contribution in [-0.4, -0.2) is 11.0 Å². The molecule has 15 heavy (non-hydrogen) atoms. The molecule has 0 radical (unpaired) electrons. The van der Waals surface area contributed by atoms with Crippen LogP contribution in [0, 0.1) is 6.92 Å². The number of anilines is 1. The number of pyridine rings is 1. The number of nitrogens with zero attached hydrogens (tertiary/aromatic N) is 1. The minimum atomic E-state index is 0.536. The Balaban J connectivity index is 0.000000151. The lowest BCUT2D eigenvalue weighted by Crippen LogP contribution is -2.22. The molecule has 1 aromatic rings. The first kappa shape index (κ1) is 12.0. The summed E-state index contributed by atoms with van der Waals surface area (Å²) in [5.74, 6) is 0.579. The van der Waals surface area contributed by atoms with E-state index in [-0.39, 0.29) is 0 Å². The van der Waals surface area contributed by atoms with Crippen LogP contribution in [0.5, 0.6) is 0 Å². The fourth-order valence-corrected chi connectivity index (χ4v) is 1.61. The van der Waals surface area contributed by atoms with E-state index in [9.17, 15) is 0 Å². The van der Waals surface area contributed by atoms with Crippen LogP contribution in [0.25, 0.3) is 0 Å². The zero-order chi connectivity index (χ0) is 11.1. The quantitative estimate of drug-likeness (QED) is 0.685. The molecule has 1 heterocycles. The summed E-state index contributed by atoms with van der Waals surface area (Å²) in [7, 11) is 0. The zero-order valence-electron chi connectivity index (χ0n) is 9.45. The molecule has 0 amide bonds. The molecule has 0 aromatic carbocycles. The van der Waals surface area contributed by atoms with Gasteiger partial charge in [0, 0.05) is 12.2 Å². The molecule has 2 rings (SSSR count). The molecule has 0 spiro atoms. The van der Waals surface area contributed by atoms with Crippen molar-refractivity contribution in [1.82, 2.24) is 4.98 Å². The van der Waals surface area contributed by atoms with Crippen LogP contribution in [0.3, 0.4) is 0 Å². The second kappa shape index (κ2) is 6.40. The maximum Gasteiger partial charge on any atom is 0.123 e. The summed E-state index contributed by atoms with van der Waals surface area (Å²) >= 11 is 0. The van der Waals surface area contributed by atoms with Gasteiger partial charge in [0.05, 0.1) is 0 Å². The first-order valence-electron chi connectivity index (χ1n) is 5.62. The topological polar surface area (TPSA) is 64.9 Å². The highest BCUT2D eigenvalue weighted by atomic mass is 14.8. The summed E-state index contributed by atoms with van der Waals surface area (Å²) in [5, 5.41) is 0. The number of hydrogen-bond acceptors (Lipinski definition) is 3. The van der Waals surface area contributed by atoms with E-state index in [1.54, 1.807) is 12.3 Å². The summed E-state index contributed by atoms with van der Waals surface area (Å²) in [5.41, 5.74) is 12.1. The van der Waals surface area contributed by atoms with E-state index in [1.165, 1.54) is 32.1 Å². The molecule has 0 unspecified atom stereocenters. The molecule has 1 fully saturated rings. The van der Waals surface area contributed by atoms with Gasteiger partial charge >= 0.3 is 0 Å². The largest absolute Gasteiger partial charge is 0.384 e. The third-order valence-electron chi connectivity index (χ3n) is 2.58. The number of nitrogen functional groups attached to an aromatic ring is 1.